The minimum Gasteiger partial charge on any atom is -0.342 e. The summed E-state index contributed by atoms with van der Waals surface area (Å²) in [6, 6.07) is 0.761. The van der Waals surface area contributed by atoms with Crippen molar-refractivity contribution in [3.63, 3.8) is 0 Å². The Morgan fingerprint density at radius 2 is 1.32 bits per heavy atom. The summed E-state index contributed by atoms with van der Waals surface area (Å²) in [4.78, 5) is 32.1. The average molecular weight is 348 g/mol. The van der Waals surface area contributed by atoms with E-state index in [1.807, 2.05) is 4.90 Å². The molecule has 0 radical (unpaired) electrons. The maximum atomic E-state index is 13.1. The zero-order valence-corrected chi connectivity index (χ0v) is 15.5. The van der Waals surface area contributed by atoms with Gasteiger partial charge in [0.15, 0.2) is 0 Å². The molecule has 140 valence electrons. The first-order chi connectivity index (χ1) is 12.2. The van der Waals surface area contributed by atoms with Crippen molar-refractivity contribution in [1.82, 2.24) is 14.7 Å². The van der Waals surface area contributed by atoms with E-state index in [0.717, 1.165) is 70.9 Å². The predicted octanol–water partition coefficient (Wildman–Crippen LogP) is 2.11. The van der Waals surface area contributed by atoms with E-state index in [-0.39, 0.29) is 11.8 Å². The number of hydrogen-bond donors (Lipinski definition) is 0. The van der Waals surface area contributed by atoms with Crippen LogP contribution in [0.3, 0.4) is 0 Å². The summed E-state index contributed by atoms with van der Waals surface area (Å²) in [6.07, 6.45) is 10.6. The van der Waals surface area contributed by atoms with Crippen molar-refractivity contribution in [2.75, 3.05) is 39.3 Å². The fraction of sp³-hybridized carbons (Fsp3) is 0.900. The van der Waals surface area contributed by atoms with Gasteiger partial charge in [0.05, 0.1) is 5.92 Å². The molecule has 1 atom stereocenters. The van der Waals surface area contributed by atoms with Crippen molar-refractivity contribution >= 4 is 11.8 Å². The Morgan fingerprint density at radius 1 is 0.600 bits per heavy atom. The zero-order valence-electron chi connectivity index (χ0n) is 15.5. The van der Waals surface area contributed by atoms with Crippen LogP contribution in [0, 0.1) is 11.8 Å². The van der Waals surface area contributed by atoms with Crippen LogP contribution >= 0.6 is 0 Å². The van der Waals surface area contributed by atoms with Crippen molar-refractivity contribution in [1.29, 1.82) is 0 Å². The van der Waals surface area contributed by atoms with E-state index in [9.17, 15) is 9.59 Å². The lowest BCUT2D eigenvalue weighted by Gasteiger charge is -2.35. The van der Waals surface area contributed by atoms with Crippen LogP contribution in [0.5, 0.6) is 0 Å². The first kappa shape index (κ1) is 17.3. The summed E-state index contributed by atoms with van der Waals surface area (Å²) in [6.45, 7) is 5.47. The molecule has 4 rings (SSSR count). The Hall–Kier alpha value is -1.10. The predicted molar refractivity (Wildman–Crippen MR) is 97.1 cm³/mol. The maximum Gasteiger partial charge on any atom is 0.227 e. The van der Waals surface area contributed by atoms with E-state index in [2.05, 4.69) is 9.80 Å². The minimum absolute atomic E-state index is 0.0366. The molecule has 0 aromatic carbocycles. The smallest absolute Gasteiger partial charge is 0.227 e. The van der Waals surface area contributed by atoms with Crippen LogP contribution < -0.4 is 0 Å². The molecule has 0 unspecified atom stereocenters. The highest BCUT2D eigenvalue weighted by Crippen LogP contribution is 2.33. The van der Waals surface area contributed by atoms with Gasteiger partial charge in [-0.1, -0.05) is 12.8 Å². The standard InChI is InChI=1S/C20H33N3O2/c24-19(16-8-9-16)23-10-3-5-17(15-23)20(25)22-12-4-11-21(13-14-22)18-6-1-2-7-18/h16-18H,1-15H2/t17-/m0/s1. The molecule has 2 saturated heterocycles. The molecule has 2 amide bonds. The lowest BCUT2D eigenvalue weighted by Crippen LogP contribution is -2.48. The molecular formula is C20H33N3O2. The summed E-state index contributed by atoms with van der Waals surface area (Å²) in [5, 5.41) is 0. The van der Waals surface area contributed by atoms with E-state index in [0.29, 0.717) is 18.4 Å². The van der Waals surface area contributed by atoms with Crippen LogP contribution in [0.2, 0.25) is 0 Å². The highest BCUT2D eigenvalue weighted by Gasteiger charge is 2.38. The highest BCUT2D eigenvalue weighted by atomic mass is 16.2. The molecule has 4 aliphatic rings. The van der Waals surface area contributed by atoms with Crippen molar-refractivity contribution < 1.29 is 9.59 Å². The molecule has 2 aliphatic heterocycles. The topological polar surface area (TPSA) is 43.9 Å². The highest BCUT2D eigenvalue weighted by molar-refractivity contribution is 5.83. The molecule has 0 aromatic rings. The maximum absolute atomic E-state index is 13.1. The van der Waals surface area contributed by atoms with Gasteiger partial charge in [-0.2, -0.15) is 0 Å². The SMILES string of the molecule is O=C(C1CC1)N1CCC[C@H](C(=O)N2CCCN(C3CCCC3)CC2)C1. The molecule has 0 aromatic heterocycles. The summed E-state index contributed by atoms with van der Waals surface area (Å²) in [7, 11) is 0. The molecule has 2 aliphatic carbocycles. The van der Waals surface area contributed by atoms with Crippen LogP contribution in [0.4, 0.5) is 0 Å². The van der Waals surface area contributed by atoms with Gasteiger partial charge in [-0.15, -0.1) is 0 Å². The number of amides is 2. The summed E-state index contributed by atoms with van der Waals surface area (Å²) in [5.74, 6) is 0.920. The number of likely N-dealkylation sites (tertiary alicyclic amines) is 1. The van der Waals surface area contributed by atoms with Crippen LogP contribution in [-0.4, -0.2) is 71.8 Å². The Kier molecular flexibility index (Phi) is 5.30. The van der Waals surface area contributed by atoms with E-state index in [1.54, 1.807) is 0 Å². The van der Waals surface area contributed by atoms with Gasteiger partial charge < -0.3 is 9.80 Å². The van der Waals surface area contributed by atoms with Gasteiger partial charge in [-0.3, -0.25) is 14.5 Å². The van der Waals surface area contributed by atoms with Crippen molar-refractivity contribution in [2.45, 2.75) is 63.8 Å². The molecule has 5 heteroatoms. The number of rotatable bonds is 3. The zero-order chi connectivity index (χ0) is 17.2. The third kappa shape index (κ3) is 4.02. The number of carbonyl (C=O) groups excluding carboxylic acids is 2. The second kappa shape index (κ2) is 7.65. The first-order valence-electron chi connectivity index (χ1n) is 10.5. The van der Waals surface area contributed by atoms with E-state index in [1.165, 1.54) is 25.7 Å². The molecule has 0 N–H and O–H groups in total. The lowest BCUT2D eigenvalue weighted by atomic mass is 9.96. The van der Waals surface area contributed by atoms with Crippen molar-refractivity contribution in [3.05, 3.63) is 0 Å². The monoisotopic (exact) mass is 347 g/mol. The van der Waals surface area contributed by atoms with Gasteiger partial charge in [-0.25, -0.2) is 0 Å². The Labute approximate surface area is 151 Å². The van der Waals surface area contributed by atoms with E-state index < -0.39 is 0 Å². The average Bonchev–Trinajstić information content (AvgIpc) is 3.41. The van der Waals surface area contributed by atoms with Gasteiger partial charge in [0.2, 0.25) is 11.8 Å². The number of piperidine rings is 1. The van der Waals surface area contributed by atoms with Gasteiger partial charge in [0, 0.05) is 51.2 Å². The normalized spacial score (nSPS) is 29.7. The van der Waals surface area contributed by atoms with Gasteiger partial charge in [0.25, 0.3) is 0 Å². The van der Waals surface area contributed by atoms with Gasteiger partial charge in [-0.05, 0) is 44.9 Å². The summed E-state index contributed by atoms with van der Waals surface area (Å²) < 4.78 is 0. The summed E-state index contributed by atoms with van der Waals surface area (Å²) in [5.41, 5.74) is 0. The number of hydrogen-bond acceptors (Lipinski definition) is 3. The fourth-order valence-electron chi connectivity index (χ4n) is 5.02. The van der Waals surface area contributed by atoms with Gasteiger partial charge in [0.1, 0.15) is 0 Å². The van der Waals surface area contributed by atoms with E-state index >= 15 is 0 Å². The van der Waals surface area contributed by atoms with Crippen molar-refractivity contribution in [2.24, 2.45) is 11.8 Å². The third-order valence-corrected chi connectivity index (χ3v) is 6.69. The first-order valence-corrected chi connectivity index (χ1v) is 10.5. The molecule has 0 bridgehead atoms. The second-order valence-corrected chi connectivity index (χ2v) is 8.55. The Morgan fingerprint density at radius 3 is 2.08 bits per heavy atom. The lowest BCUT2D eigenvalue weighted by molar-refractivity contribution is -0.141. The molecule has 5 nitrogen and oxygen atoms in total. The number of carbonyl (C=O) groups is 2. The molecule has 0 spiro atoms. The fourth-order valence-corrected chi connectivity index (χ4v) is 5.02. The molecule has 4 fully saturated rings. The molecule has 2 saturated carbocycles. The van der Waals surface area contributed by atoms with E-state index in [4.69, 9.17) is 0 Å². The molecule has 25 heavy (non-hydrogen) atoms. The van der Waals surface area contributed by atoms with Crippen LogP contribution in [0.25, 0.3) is 0 Å². The summed E-state index contributed by atoms with van der Waals surface area (Å²) >= 11 is 0. The van der Waals surface area contributed by atoms with Crippen LogP contribution in [-0.2, 0) is 9.59 Å². The Balaban J connectivity index is 1.31. The largest absolute Gasteiger partial charge is 0.342 e. The molecule has 2 heterocycles. The second-order valence-electron chi connectivity index (χ2n) is 8.55. The molecular weight excluding hydrogens is 314 g/mol. The van der Waals surface area contributed by atoms with Gasteiger partial charge >= 0.3 is 0 Å². The minimum atomic E-state index is 0.0366. The quantitative estimate of drug-likeness (QED) is 0.785. The van der Waals surface area contributed by atoms with Crippen molar-refractivity contribution in [3.8, 4) is 0 Å². The number of nitrogens with zero attached hydrogens (tertiary/aromatic N) is 3. The third-order valence-electron chi connectivity index (χ3n) is 6.69. The Bertz CT molecular complexity index is 499. The van der Waals surface area contributed by atoms with Crippen LogP contribution in [0.15, 0.2) is 0 Å². The van der Waals surface area contributed by atoms with Crippen LogP contribution in [0.1, 0.15) is 57.8 Å².